The summed E-state index contributed by atoms with van der Waals surface area (Å²) in [7, 11) is 3.94. The van der Waals surface area contributed by atoms with E-state index in [1.54, 1.807) is 0 Å². The van der Waals surface area contributed by atoms with Crippen LogP contribution in [-0.4, -0.2) is 66.5 Å². The molecule has 0 aliphatic carbocycles. The molecule has 5 rings (SSSR count). The summed E-state index contributed by atoms with van der Waals surface area (Å²) < 4.78 is 13.9. The number of aromatic nitrogens is 3. The van der Waals surface area contributed by atoms with E-state index in [0.717, 1.165) is 16.9 Å². The lowest BCUT2D eigenvalue weighted by Gasteiger charge is -2.18. The Balaban J connectivity index is 1.25. The van der Waals surface area contributed by atoms with Crippen molar-refractivity contribution in [2.45, 2.75) is 24.3 Å². The molecule has 2 aliphatic rings. The number of carbonyl (C=O) groups excluding carboxylic acids is 1. The van der Waals surface area contributed by atoms with E-state index in [1.165, 1.54) is 0 Å². The molecule has 2 aliphatic heterocycles. The summed E-state index contributed by atoms with van der Waals surface area (Å²) in [6, 6.07) is 17.2. The highest BCUT2D eigenvalue weighted by atomic mass is 16.6. The third kappa shape index (κ3) is 3.80. The second-order valence-electron chi connectivity index (χ2n) is 8.13. The van der Waals surface area contributed by atoms with Crippen LogP contribution in [0, 0.1) is 0 Å². The van der Waals surface area contributed by atoms with E-state index in [2.05, 4.69) is 15.6 Å². The smallest absolute Gasteiger partial charge is 0.251 e. The lowest BCUT2D eigenvalue weighted by Crippen LogP contribution is -2.44. The molecule has 0 spiro atoms. The standard InChI is InChI=1S/C23H25N5O3/c1-27(2)17-10-8-16(9-11-17)23(29)24-19-13-30-22-20(14-31-21(19)22)28-12-18(25-26-28)15-6-4-3-5-7-15/h3-12,19-22H,13-14H2,1-2H3,(H,24,29)/t19-,20+,21-,22+/m1/s1. The number of hydrogen-bond acceptors (Lipinski definition) is 6. The minimum Gasteiger partial charge on any atom is -0.378 e. The van der Waals surface area contributed by atoms with Gasteiger partial charge in [-0.3, -0.25) is 4.79 Å². The van der Waals surface area contributed by atoms with Crippen LogP contribution < -0.4 is 10.2 Å². The summed E-state index contributed by atoms with van der Waals surface area (Å²) >= 11 is 0. The van der Waals surface area contributed by atoms with Crippen molar-refractivity contribution in [3.05, 3.63) is 66.4 Å². The first kappa shape index (κ1) is 19.7. The Morgan fingerprint density at radius 2 is 1.77 bits per heavy atom. The number of hydrogen-bond donors (Lipinski definition) is 1. The van der Waals surface area contributed by atoms with Crippen LogP contribution in [0.15, 0.2) is 60.8 Å². The van der Waals surface area contributed by atoms with Crippen molar-refractivity contribution in [3.8, 4) is 11.3 Å². The number of benzene rings is 2. The van der Waals surface area contributed by atoms with E-state index >= 15 is 0 Å². The normalized spacial score (nSPS) is 24.7. The van der Waals surface area contributed by atoms with Gasteiger partial charge in [0.1, 0.15) is 23.9 Å². The fraction of sp³-hybridized carbons (Fsp3) is 0.348. The van der Waals surface area contributed by atoms with E-state index in [0.29, 0.717) is 18.8 Å². The summed E-state index contributed by atoms with van der Waals surface area (Å²) in [5, 5.41) is 11.7. The van der Waals surface area contributed by atoms with Crippen LogP contribution >= 0.6 is 0 Å². The molecule has 1 amide bonds. The SMILES string of the molecule is CN(C)c1ccc(C(=O)N[C@@H]2CO[C@@H]3[C@@H]2OC[C@@H]3n2cc(-c3ccccc3)nn2)cc1. The highest BCUT2D eigenvalue weighted by molar-refractivity contribution is 5.94. The van der Waals surface area contributed by atoms with Crippen molar-refractivity contribution in [2.24, 2.45) is 0 Å². The Labute approximate surface area is 180 Å². The lowest BCUT2D eigenvalue weighted by molar-refractivity contribution is 0.0613. The average Bonchev–Trinajstić information content (AvgIpc) is 3.52. The van der Waals surface area contributed by atoms with Crippen molar-refractivity contribution in [1.29, 1.82) is 0 Å². The number of nitrogens with one attached hydrogen (secondary N) is 1. The summed E-state index contributed by atoms with van der Waals surface area (Å²) in [5.41, 5.74) is 3.49. The van der Waals surface area contributed by atoms with Gasteiger partial charge in [-0.2, -0.15) is 0 Å². The van der Waals surface area contributed by atoms with Crippen molar-refractivity contribution in [1.82, 2.24) is 20.3 Å². The van der Waals surface area contributed by atoms with Gasteiger partial charge in [0.2, 0.25) is 0 Å². The zero-order valence-corrected chi connectivity index (χ0v) is 17.5. The predicted octanol–water partition coefficient (Wildman–Crippen LogP) is 2.15. The van der Waals surface area contributed by atoms with Crippen molar-refractivity contribution in [2.75, 3.05) is 32.2 Å². The summed E-state index contributed by atoms with van der Waals surface area (Å²) in [4.78, 5) is 14.7. The van der Waals surface area contributed by atoms with Gasteiger partial charge in [0.05, 0.1) is 25.5 Å². The summed E-state index contributed by atoms with van der Waals surface area (Å²) in [5.74, 6) is -0.126. The number of amides is 1. The molecule has 8 heteroatoms. The van der Waals surface area contributed by atoms with Gasteiger partial charge in [-0.15, -0.1) is 5.10 Å². The molecule has 1 N–H and O–H groups in total. The Hall–Kier alpha value is -3.23. The van der Waals surface area contributed by atoms with Gasteiger partial charge in [-0.05, 0) is 24.3 Å². The first-order valence-corrected chi connectivity index (χ1v) is 10.4. The second kappa shape index (κ2) is 8.13. The molecule has 3 heterocycles. The molecule has 4 atom stereocenters. The molecule has 0 saturated carbocycles. The van der Waals surface area contributed by atoms with Gasteiger partial charge in [0.25, 0.3) is 5.91 Å². The topological polar surface area (TPSA) is 81.5 Å². The summed E-state index contributed by atoms with van der Waals surface area (Å²) in [6.45, 7) is 0.879. The molecule has 31 heavy (non-hydrogen) atoms. The van der Waals surface area contributed by atoms with Crippen LogP contribution in [-0.2, 0) is 9.47 Å². The van der Waals surface area contributed by atoms with E-state index in [1.807, 2.05) is 84.5 Å². The van der Waals surface area contributed by atoms with Crippen molar-refractivity contribution in [3.63, 3.8) is 0 Å². The highest BCUT2D eigenvalue weighted by Gasteiger charge is 2.49. The van der Waals surface area contributed by atoms with Crippen LogP contribution in [0.25, 0.3) is 11.3 Å². The zero-order chi connectivity index (χ0) is 21.4. The number of ether oxygens (including phenoxy) is 2. The lowest BCUT2D eigenvalue weighted by atomic mass is 10.1. The molecular weight excluding hydrogens is 394 g/mol. The molecule has 3 aromatic rings. The van der Waals surface area contributed by atoms with Gasteiger partial charge in [-0.25, -0.2) is 4.68 Å². The highest BCUT2D eigenvalue weighted by Crippen LogP contribution is 2.34. The molecule has 2 saturated heterocycles. The third-order valence-corrected chi connectivity index (χ3v) is 5.91. The number of carbonyl (C=O) groups is 1. The monoisotopic (exact) mass is 419 g/mol. The number of fused-ring (bicyclic) bond motifs is 1. The van der Waals surface area contributed by atoms with Gasteiger partial charge in [0, 0.05) is 30.9 Å². The van der Waals surface area contributed by atoms with Crippen LogP contribution in [0.3, 0.4) is 0 Å². The van der Waals surface area contributed by atoms with Crippen LogP contribution in [0.2, 0.25) is 0 Å². The van der Waals surface area contributed by atoms with E-state index in [9.17, 15) is 4.79 Å². The first-order valence-electron chi connectivity index (χ1n) is 10.4. The zero-order valence-electron chi connectivity index (χ0n) is 17.5. The molecule has 8 nitrogen and oxygen atoms in total. The molecule has 0 unspecified atom stereocenters. The number of anilines is 1. The molecule has 1 aromatic heterocycles. The predicted molar refractivity (Wildman–Crippen MR) is 116 cm³/mol. The fourth-order valence-electron chi connectivity index (χ4n) is 4.17. The second-order valence-corrected chi connectivity index (χ2v) is 8.13. The van der Waals surface area contributed by atoms with Crippen molar-refractivity contribution < 1.29 is 14.3 Å². The first-order chi connectivity index (χ1) is 15.1. The minimum atomic E-state index is -0.209. The van der Waals surface area contributed by atoms with Gasteiger partial charge >= 0.3 is 0 Å². The van der Waals surface area contributed by atoms with Gasteiger partial charge in [0.15, 0.2) is 0 Å². The number of rotatable bonds is 5. The Morgan fingerprint density at radius 3 is 2.52 bits per heavy atom. The quantitative estimate of drug-likeness (QED) is 0.683. The maximum Gasteiger partial charge on any atom is 0.251 e. The third-order valence-electron chi connectivity index (χ3n) is 5.91. The van der Waals surface area contributed by atoms with Gasteiger partial charge < -0.3 is 19.7 Å². The summed E-state index contributed by atoms with van der Waals surface area (Å²) in [6.07, 6.45) is 1.54. The van der Waals surface area contributed by atoms with E-state index < -0.39 is 0 Å². The van der Waals surface area contributed by atoms with Crippen LogP contribution in [0.4, 0.5) is 5.69 Å². The van der Waals surface area contributed by atoms with E-state index in [-0.39, 0.29) is 30.2 Å². The Kier molecular flexibility index (Phi) is 5.17. The Morgan fingerprint density at radius 1 is 1.03 bits per heavy atom. The number of nitrogens with zero attached hydrogens (tertiary/aromatic N) is 4. The molecule has 0 bridgehead atoms. The van der Waals surface area contributed by atoms with Gasteiger partial charge in [-0.1, -0.05) is 35.5 Å². The van der Waals surface area contributed by atoms with Crippen LogP contribution in [0.1, 0.15) is 16.4 Å². The average molecular weight is 419 g/mol. The minimum absolute atomic E-state index is 0.0729. The van der Waals surface area contributed by atoms with E-state index in [4.69, 9.17) is 9.47 Å². The fourth-order valence-corrected chi connectivity index (χ4v) is 4.17. The van der Waals surface area contributed by atoms with Crippen molar-refractivity contribution >= 4 is 11.6 Å². The molecular formula is C23H25N5O3. The largest absolute Gasteiger partial charge is 0.378 e. The maximum absolute atomic E-state index is 12.7. The molecule has 0 radical (unpaired) electrons. The maximum atomic E-state index is 12.7. The Bertz CT molecular complexity index is 1050. The molecule has 2 fully saturated rings. The molecule has 2 aromatic carbocycles. The van der Waals surface area contributed by atoms with Crippen LogP contribution in [0.5, 0.6) is 0 Å². The molecule has 160 valence electrons.